The summed E-state index contributed by atoms with van der Waals surface area (Å²) < 4.78 is 0. The molecule has 2 heterocycles. The summed E-state index contributed by atoms with van der Waals surface area (Å²) in [5.74, 6) is 6.35. The summed E-state index contributed by atoms with van der Waals surface area (Å²) in [6.45, 7) is 5.51. The Hall–Kier alpha value is -1.99. The van der Waals surface area contributed by atoms with Gasteiger partial charge in [-0.25, -0.2) is 0 Å². The normalized spacial score (nSPS) is 20.7. The molecule has 4 nitrogen and oxygen atoms in total. The van der Waals surface area contributed by atoms with Gasteiger partial charge < -0.3 is 14.7 Å². The maximum absolute atomic E-state index is 12.9. The minimum absolute atomic E-state index is 0.273. The van der Waals surface area contributed by atoms with Crippen molar-refractivity contribution in [3.05, 3.63) is 30.3 Å². The Balaban J connectivity index is 1.76. The van der Waals surface area contributed by atoms with E-state index in [-0.39, 0.29) is 11.4 Å². The van der Waals surface area contributed by atoms with E-state index in [1.807, 2.05) is 37.1 Å². The van der Waals surface area contributed by atoms with Crippen LogP contribution in [0.15, 0.2) is 30.3 Å². The van der Waals surface area contributed by atoms with Crippen LogP contribution in [-0.2, 0) is 4.79 Å². The van der Waals surface area contributed by atoms with Gasteiger partial charge >= 0.3 is 0 Å². The molecule has 2 aliphatic heterocycles. The highest BCUT2D eigenvalue weighted by Crippen LogP contribution is 2.38. The van der Waals surface area contributed by atoms with Gasteiger partial charge in [-0.15, -0.1) is 11.8 Å². The second kappa shape index (κ2) is 6.64. The first-order valence-corrected chi connectivity index (χ1v) is 8.37. The third-order valence-corrected chi connectivity index (χ3v) is 5.10. The summed E-state index contributed by atoms with van der Waals surface area (Å²) in [4.78, 5) is 19.5. The van der Waals surface area contributed by atoms with E-state index in [0.29, 0.717) is 6.67 Å². The Bertz CT molecular complexity index is 608. The van der Waals surface area contributed by atoms with Crippen LogP contribution in [0.2, 0.25) is 0 Å². The predicted molar refractivity (Wildman–Crippen MR) is 93.0 cm³/mol. The first-order valence-electron chi connectivity index (χ1n) is 8.37. The molecule has 0 bridgehead atoms. The van der Waals surface area contributed by atoms with Crippen LogP contribution in [0.25, 0.3) is 0 Å². The monoisotopic (exact) mass is 311 g/mol. The fourth-order valence-corrected chi connectivity index (χ4v) is 3.79. The number of amides is 1. The summed E-state index contributed by atoms with van der Waals surface area (Å²) in [6.07, 6.45) is 2.70. The molecule has 1 aromatic carbocycles. The quantitative estimate of drug-likeness (QED) is 0.801. The highest BCUT2D eigenvalue weighted by atomic mass is 16.2. The molecule has 3 rings (SSSR count). The maximum Gasteiger partial charge on any atom is 0.249 e. The molecule has 1 amide bonds. The van der Waals surface area contributed by atoms with Crippen molar-refractivity contribution in [3.8, 4) is 11.8 Å². The van der Waals surface area contributed by atoms with Crippen molar-refractivity contribution in [1.82, 2.24) is 9.80 Å². The zero-order valence-electron chi connectivity index (χ0n) is 14.1. The summed E-state index contributed by atoms with van der Waals surface area (Å²) in [7, 11) is 1.91. The van der Waals surface area contributed by atoms with E-state index in [1.165, 1.54) is 0 Å². The zero-order chi connectivity index (χ0) is 16.3. The highest BCUT2D eigenvalue weighted by molar-refractivity contribution is 5.93. The minimum atomic E-state index is -0.358. The number of likely N-dealkylation sites (N-methyl/N-ethyl adjacent to an activating group) is 1. The molecule has 1 spiro atoms. The number of carbonyl (C=O) groups is 1. The Kier molecular flexibility index (Phi) is 4.58. The SMILES string of the molecule is CC#CCCN1CCC2(CC1)C(=O)N(C)CN2c1ccccc1. The molecule has 2 aliphatic rings. The van der Waals surface area contributed by atoms with Crippen LogP contribution >= 0.6 is 0 Å². The average molecular weight is 311 g/mol. The first-order chi connectivity index (χ1) is 11.2. The smallest absolute Gasteiger partial charge is 0.249 e. The van der Waals surface area contributed by atoms with Gasteiger partial charge in [-0.2, -0.15) is 0 Å². The van der Waals surface area contributed by atoms with Gasteiger partial charge in [0.25, 0.3) is 0 Å². The number of anilines is 1. The lowest BCUT2D eigenvalue weighted by Crippen LogP contribution is -2.56. The molecular formula is C19H25N3O. The minimum Gasteiger partial charge on any atom is -0.339 e. The second-order valence-corrected chi connectivity index (χ2v) is 6.46. The molecule has 2 saturated heterocycles. The molecule has 0 aliphatic carbocycles. The van der Waals surface area contributed by atoms with Gasteiger partial charge in [0.2, 0.25) is 5.91 Å². The molecule has 2 fully saturated rings. The van der Waals surface area contributed by atoms with Gasteiger partial charge in [0.15, 0.2) is 0 Å². The zero-order valence-corrected chi connectivity index (χ0v) is 14.1. The van der Waals surface area contributed by atoms with Crippen LogP contribution < -0.4 is 4.90 Å². The maximum atomic E-state index is 12.9. The Morgan fingerprint density at radius 3 is 2.52 bits per heavy atom. The van der Waals surface area contributed by atoms with Crippen molar-refractivity contribution < 1.29 is 4.79 Å². The number of likely N-dealkylation sites (tertiary alicyclic amines) is 1. The number of hydrogen-bond acceptors (Lipinski definition) is 3. The lowest BCUT2D eigenvalue weighted by atomic mass is 9.85. The van der Waals surface area contributed by atoms with Crippen molar-refractivity contribution in [3.63, 3.8) is 0 Å². The van der Waals surface area contributed by atoms with Crippen LogP contribution in [0.4, 0.5) is 5.69 Å². The molecule has 0 radical (unpaired) electrons. The van der Waals surface area contributed by atoms with Crippen LogP contribution in [0.3, 0.4) is 0 Å². The third-order valence-electron chi connectivity index (χ3n) is 5.10. The summed E-state index contributed by atoms with van der Waals surface area (Å²) in [6, 6.07) is 10.3. The fraction of sp³-hybridized carbons (Fsp3) is 0.526. The third kappa shape index (κ3) is 2.94. The Labute approximate surface area is 139 Å². The van der Waals surface area contributed by atoms with E-state index >= 15 is 0 Å². The van der Waals surface area contributed by atoms with Gasteiger partial charge in [0.1, 0.15) is 5.54 Å². The van der Waals surface area contributed by atoms with Gasteiger partial charge in [-0.1, -0.05) is 18.2 Å². The van der Waals surface area contributed by atoms with E-state index in [2.05, 4.69) is 33.8 Å². The number of benzene rings is 1. The van der Waals surface area contributed by atoms with Crippen molar-refractivity contribution >= 4 is 11.6 Å². The highest BCUT2D eigenvalue weighted by Gasteiger charge is 2.52. The fourth-order valence-electron chi connectivity index (χ4n) is 3.79. The van der Waals surface area contributed by atoms with Crippen LogP contribution in [0, 0.1) is 11.8 Å². The number of para-hydroxylation sites is 1. The van der Waals surface area contributed by atoms with Crippen LogP contribution in [-0.4, -0.2) is 54.6 Å². The molecule has 1 aromatic rings. The van der Waals surface area contributed by atoms with Crippen molar-refractivity contribution in [2.24, 2.45) is 0 Å². The molecule has 4 heteroatoms. The second-order valence-electron chi connectivity index (χ2n) is 6.46. The average Bonchev–Trinajstić information content (AvgIpc) is 2.83. The predicted octanol–water partition coefficient (Wildman–Crippen LogP) is 2.17. The lowest BCUT2D eigenvalue weighted by molar-refractivity contribution is -0.132. The van der Waals surface area contributed by atoms with Gasteiger partial charge in [0, 0.05) is 38.8 Å². The molecular weight excluding hydrogens is 286 g/mol. The van der Waals surface area contributed by atoms with E-state index in [4.69, 9.17) is 0 Å². The summed E-state index contributed by atoms with van der Waals surface area (Å²) >= 11 is 0. The Morgan fingerprint density at radius 2 is 1.87 bits per heavy atom. The Morgan fingerprint density at radius 1 is 1.17 bits per heavy atom. The van der Waals surface area contributed by atoms with Gasteiger partial charge in [-0.3, -0.25) is 4.79 Å². The van der Waals surface area contributed by atoms with Crippen molar-refractivity contribution in [2.45, 2.75) is 31.7 Å². The van der Waals surface area contributed by atoms with E-state index in [9.17, 15) is 4.79 Å². The van der Waals surface area contributed by atoms with Gasteiger partial charge in [-0.05, 0) is 31.9 Å². The van der Waals surface area contributed by atoms with E-state index < -0.39 is 0 Å². The molecule has 122 valence electrons. The largest absolute Gasteiger partial charge is 0.339 e. The molecule has 0 atom stereocenters. The van der Waals surface area contributed by atoms with Crippen LogP contribution in [0.5, 0.6) is 0 Å². The molecule has 0 N–H and O–H groups in total. The molecule has 0 unspecified atom stereocenters. The molecule has 23 heavy (non-hydrogen) atoms. The number of rotatable bonds is 3. The molecule has 0 aromatic heterocycles. The summed E-state index contributed by atoms with van der Waals surface area (Å²) in [5, 5.41) is 0. The van der Waals surface area contributed by atoms with Gasteiger partial charge in [0.05, 0.1) is 6.67 Å². The van der Waals surface area contributed by atoms with Crippen molar-refractivity contribution in [1.29, 1.82) is 0 Å². The van der Waals surface area contributed by atoms with Crippen LogP contribution in [0.1, 0.15) is 26.2 Å². The van der Waals surface area contributed by atoms with E-state index in [0.717, 1.165) is 44.6 Å². The standard InChI is InChI=1S/C19H25N3O/c1-3-4-8-13-21-14-11-19(12-15-21)18(23)20(2)16-22(19)17-9-6-5-7-10-17/h5-7,9-10H,8,11-16H2,1-2H3. The lowest BCUT2D eigenvalue weighted by Gasteiger charge is -2.43. The first kappa shape index (κ1) is 15.9. The number of nitrogens with zero attached hydrogens (tertiary/aromatic N) is 3. The topological polar surface area (TPSA) is 26.8 Å². The van der Waals surface area contributed by atoms with E-state index in [1.54, 1.807) is 0 Å². The van der Waals surface area contributed by atoms with Crippen molar-refractivity contribution in [2.75, 3.05) is 38.3 Å². The number of piperidine rings is 1. The summed E-state index contributed by atoms with van der Waals surface area (Å²) in [5.41, 5.74) is 0.791. The number of carbonyl (C=O) groups excluding carboxylic acids is 1. The molecule has 0 saturated carbocycles. The number of hydrogen-bond donors (Lipinski definition) is 0.